The number of unbranched alkanes of at least 4 members (excludes halogenated alkanes) is 7. The Balaban J connectivity index is 1.23. The summed E-state index contributed by atoms with van der Waals surface area (Å²) in [4.78, 5) is 18.6. The molecule has 71 heavy (non-hydrogen) atoms. The molecule has 0 atom stereocenters. The number of hydrogen-bond acceptors (Lipinski definition) is 9. The number of nitrogens with zero attached hydrogens (tertiary/aromatic N) is 2. The quantitative estimate of drug-likeness (QED) is 0.0391. The lowest BCUT2D eigenvalue weighted by atomic mass is 10.0. The minimum absolute atomic E-state index is 0.429. The maximum Gasteiger partial charge on any atom is 0.119 e. The molecule has 2 aliphatic heterocycles. The van der Waals surface area contributed by atoms with E-state index in [2.05, 4.69) is 126 Å². The molecular formula is C60H65N7O4. The highest BCUT2D eigenvalue weighted by molar-refractivity contribution is 6.00. The van der Waals surface area contributed by atoms with Crippen molar-refractivity contribution < 1.29 is 18.9 Å². The van der Waals surface area contributed by atoms with Crippen LogP contribution in [0.25, 0.3) is 90.9 Å². The lowest BCUT2D eigenvalue weighted by Crippen LogP contribution is -2.10. The van der Waals surface area contributed by atoms with Gasteiger partial charge in [-0.2, -0.15) is 0 Å². The summed E-state index contributed by atoms with van der Waals surface area (Å²) in [6.45, 7) is 5.54. The van der Waals surface area contributed by atoms with Crippen molar-refractivity contribution in [2.75, 3.05) is 46.1 Å². The van der Waals surface area contributed by atoms with E-state index in [9.17, 15) is 0 Å². The molecule has 0 saturated heterocycles. The summed E-state index contributed by atoms with van der Waals surface area (Å²) in [7, 11) is 0. The summed E-state index contributed by atoms with van der Waals surface area (Å²) in [6, 6.07) is 41.3. The van der Waals surface area contributed by atoms with Crippen LogP contribution in [0.5, 0.6) is 23.0 Å². The third-order valence-corrected chi connectivity index (χ3v) is 12.8. The first kappa shape index (κ1) is 48.6. The normalized spacial score (nSPS) is 11.8. The van der Waals surface area contributed by atoms with E-state index in [4.69, 9.17) is 46.1 Å². The largest absolute Gasteiger partial charge is 0.494 e. The van der Waals surface area contributed by atoms with Crippen LogP contribution < -0.4 is 36.1 Å². The molecule has 364 valence electrons. The molecule has 2 aliphatic rings. The van der Waals surface area contributed by atoms with Gasteiger partial charge >= 0.3 is 0 Å². The molecule has 4 aromatic carbocycles. The van der Waals surface area contributed by atoms with Gasteiger partial charge in [-0.25, -0.2) is 9.97 Å². The standard InChI is InChI=1S/C60H65N7O4/c1-2-3-4-5-6-7-8-9-37-68-45-18-10-41(11-19-45)57-49-26-28-51(64-49)58(42-12-20-46(21-13-42)69-38-34-61)53-30-32-55(66-53)60(44-16-24-48(25-17-44)71-40-36-63)56-33-31-54(67-56)59(52-29-27-50(57)65-52)43-14-22-47(23-15-43)70-39-35-62/h10-33,64,67H,2-9,34-40,61-63H2,1H3. The average Bonchev–Trinajstić information content (AvgIpc) is 4.27. The number of aromatic amines is 2. The molecule has 7 aromatic rings. The fraction of sp³-hybridized carbons (Fsp3) is 0.267. The zero-order valence-electron chi connectivity index (χ0n) is 40.7. The molecule has 0 aliphatic carbocycles. The fourth-order valence-electron chi connectivity index (χ4n) is 9.25. The van der Waals surface area contributed by atoms with E-state index in [1.807, 2.05) is 36.4 Å². The molecule has 11 nitrogen and oxygen atoms in total. The highest BCUT2D eigenvalue weighted by atomic mass is 16.5. The number of nitrogens with one attached hydrogen (secondary N) is 2. The van der Waals surface area contributed by atoms with Crippen LogP contribution in [0.3, 0.4) is 0 Å². The Kier molecular flexibility index (Phi) is 16.4. The van der Waals surface area contributed by atoms with Crippen LogP contribution in [0.4, 0.5) is 0 Å². The van der Waals surface area contributed by atoms with E-state index < -0.39 is 0 Å². The SMILES string of the molecule is CCCCCCCCCCOc1ccc(-c2c3nc(c(-c4ccc(OCCN)cc4)c4ccc([nH]4)c(-c4ccc(OCCN)cc4)c4nc(c(-c5ccc(OCCN)cc5)c5ccc2[nH]5)C=C4)C=C3)cc1. The first-order valence-corrected chi connectivity index (χ1v) is 25.2. The summed E-state index contributed by atoms with van der Waals surface area (Å²) < 4.78 is 24.0. The van der Waals surface area contributed by atoms with Gasteiger partial charge in [0.1, 0.15) is 42.8 Å². The van der Waals surface area contributed by atoms with Crippen LogP contribution in [-0.2, 0) is 0 Å². The van der Waals surface area contributed by atoms with Crippen LogP contribution in [0, 0.1) is 0 Å². The highest BCUT2D eigenvalue weighted by Gasteiger charge is 2.20. The highest BCUT2D eigenvalue weighted by Crippen LogP contribution is 2.39. The molecule has 0 fully saturated rings. The van der Waals surface area contributed by atoms with Crippen LogP contribution in [0.15, 0.2) is 121 Å². The van der Waals surface area contributed by atoms with Gasteiger partial charge in [-0.05, 0) is 126 Å². The zero-order valence-corrected chi connectivity index (χ0v) is 40.7. The summed E-state index contributed by atoms with van der Waals surface area (Å²) in [5, 5.41) is 0. The molecule has 0 amide bonds. The van der Waals surface area contributed by atoms with Crippen LogP contribution in [0.1, 0.15) is 81.1 Å². The van der Waals surface area contributed by atoms with Gasteiger partial charge in [0.25, 0.3) is 0 Å². The number of rotatable bonds is 23. The minimum atomic E-state index is 0.429. The molecule has 5 heterocycles. The number of fused-ring (bicyclic) bond motifs is 8. The second-order valence-corrected chi connectivity index (χ2v) is 17.8. The molecule has 8 N–H and O–H groups in total. The first-order chi connectivity index (χ1) is 35.0. The molecule has 0 radical (unpaired) electrons. The smallest absolute Gasteiger partial charge is 0.119 e. The molecular weight excluding hydrogens is 883 g/mol. The van der Waals surface area contributed by atoms with E-state index in [-0.39, 0.29) is 0 Å². The molecule has 8 bridgehead atoms. The number of H-pyrrole nitrogens is 2. The number of aromatic nitrogens is 4. The summed E-state index contributed by atoms with van der Waals surface area (Å²) >= 11 is 0. The second kappa shape index (κ2) is 23.9. The van der Waals surface area contributed by atoms with E-state index in [1.165, 1.54) is 44.9 Å². The van der Waals surface area contributed by atoms with Crippen LogP contribution in [-0.4, -0.2) is 66.0 Å². The van der Waals surface area contributed by atoms with E-state index in [0.717, 1.165) is 119 Å². The Labute approximate surface area is 416 Å². The zero-order chi connectivity index (χ0) is 48.8. The first-order valence-electron chi connectivity index (χ1n) is 25.2. The Bertz CT molecular complexity index is 3050. The number of nitrogens with two attached hydrogens (primary N) is 3. The molecule has 0 spiro atoms. The van der Waals surface area contributed by atoms with Crippen molar-refractivity contribution >= 4 is 46.4 Å². The predicted molar refractivity (Wildman–Crippen MR) is 292 cm³/mol. The van der Waals surface area contributed by atoms with Gasteiger partial charge in [0.05, 0.1) is 29.4 Å². The van der Waals surface area contributed by atoms with Crippen molar-refractivity contribution in [3.63, 3.8) is 0 Å². The van der Waals surface area contributed by atoms with Crippen molar-refractivity contribution in [2.24, 2.45) is 17.2 Å². The molecule has 9 rings (SSSR count). The monoisotopic (exact) mass is 948 g/mol. The third-order valence-electron chi connectivity index (χ3n) is 12.8. The average molecular weight is 948 g/mol. The van der Waals surface area contributed by atoms with Crippen molar-refractivity contribution in [2.45, 2.75) is 58.3 Å². The predicted octanol–water partition coefficient (Wildman–Crippen LogP) is 12.9. The van der Waals surface area contributed by atoms with Crippen molar-refractivity contribution in [1.82, 2.24) is 19.9 Å². The number of hydrogen-bond donors (Lipinski definition) is 5. The fourth-order valence-corrected chi connectivity index (χ4v) is 9.25. The molecule has 0 unspecified atom stereocenters. The van der Waals surface area contributed by atoms with Gasteiger partial charge in [-0.1, -0.05) is 100 Å². The Morgan fingerprint density at radius 1 is 0.338 bits per heavy atom. The summed E-state index contributed by atoms with van der Waals surface area (Å²) in [5.41, 5.74) is 31.8. The van der Waals surface area contributed by atoms with Crippen molar-refractivity contribution in [3.8, 4) is 67.5 Å². The Hall–Kier alpha value is -7.44. The second-order valence-electron chi connectivity index (χ2n) is 17.8. The Morgan fingerprint density at radius 3 is 0.887 bits per heavy atom. The Morgan fingerprint density at radius 2 is 0.606 bits per heavy atom. The van der Waals surface area contributed by atoms with Gasteiger partial charge in [0.2, 0.25) is 0 Å². The van der Waals surface area contributed by atoms with Gasteiger partial charge in [0, 0.05) is 64.0 Å². The van der Waals surface area contributed by atoms with Crippen LogP contribution >= 0.6 is 0 Å². The lowest BCUT2D eigenvalue weighted by molar-refractivity contribution is 0.304. The van der Waals surface area contributed by atoms with Gasteiger partial charge in [0.15, 0.2) is 0 Å². The molecule has 11 heteroatoms. The van der Waals surface area contributed by atoms with Gasteiger partial charge in [-0.3, -0.25) is 0 Å². The summed E-state index contributed by atoms with van der Waals surface area (Å²) in [5.74, 6) is 3.10. The summed E-state index contributed by atoms with van der Waals surface area (Å²) in [6.07, 6.45) is 18.5. The van der Waals surface area contributed by atoms with Crippen LogP contribution in [0.2, 0.25) is 0 Å². The van der Waals surface area contributed by atoms with E-state index >= 15 is 0 Å². The van der Waals surface area contributed by atoms with Gasteiger partial charge < -0.3 is 46.1 Å². The van der Waals surface area contributed by atoms with Crippen molar-refractivity contribution in [1.29, 1.82) is 0 Å². The maximum atomic E-state index is 6.29. The van der Waals surface area contributed by atoms with Crippen molar-refractivity contribution in [3.05, 3.63) is 144 Å². The minimum Gasteiger partial charge on any atom is -0.494 e. The number of ether oxygens (including phenoxy) is 4. The molecule has 3 aromatic heterocycles. The van der Waals surface area contributed by atoms with E-state index in [1.54, 1.807) is 0 Å². The maximum absolute atomic E-state index is 6.29. The molecule has 0 saturated carbocycles. The van der Waals surface area contributed by atoms with E-state index in [0.29, 0.717) is 46.1 Å². The lowest BCUT2D eigenvalue weighted by Gasteiger charge is -2.10. The topological polar surface area (TPSA) is 172 Å². The number of benzene rings is 4. The third kappa shape index (κ3) is 11.8. The van der Waals surface area contributed by atoms with Gasteiger partial charge in [-0.15, -0.1) is 0 Å².